The van der Waals surface area contributed by atoms with Crippen molar-refractivity contribution in [1.82, 2.24) is 10.3 Å². The Morgan fingerprint density at radius 1 is 1.25 bits per heavy atom. The fourth-order valence-electron chi connectivity index (χ4n) is 4.38. The number of carbonyl (C=O) groups excluding carboxylic acids is 1. The SMILES string of the molecule is COc1ccc(C(CC2CCNCC2)c2sc(=O)[nH]c2O)c2c1NC(=O)CC2. The van der Waals surface area contributed by atoms with E-state index in [1.165, 1.54) is 0 Å². The first-order valence-corrected chi connectivity index (χ1v) is 10.5. The van der Waals surface area contributed by atoms with Gasteiger partial charge < -0.3 is 20.5 Å². The van der Waals surface area contributed by atoms with E-state index in [1.54, 1.807) is 7.11 Å². The number of methoxy groups -OCH3 is 1. The van der Waals surface area contributed by atoms with Crippen LogP contribution in [0, 0.1) is 5.92 Å². The molecule has 1 aromatic heterocycles. The van der Waals surface area contributed by atoms with Crippen molar-refractivity contribution < 1.29 is 14.6 Å². The number of ether oxygens (including phenoxy) is 1. The molecule has 1 aromatic carbocycles. The minimum Gasteiger partial charge on any atom is -0.495 e. The van der Waals surface area contributed by atoms with Crippen LogP contribution in [-0.2, 0) is 11.2 Å². The minimum absolute atomic E-state index is 0.0213. The molecule has 0 aliphatic carbocycles. The maximum Gasteiger partial charge on any atom is 0.307 e. The number of hydrogen-bond donors (Lipinski definition) is 4. The predicted octanol–water partition coefficient (Wildman–Crippen LogP) is 2.56. The molecule has 0 spiro atoms. The molecule has 2 aliphatic rings. The summed E-state index contributed by atoms with van der Waals surface area (Å²) in [6.45, 7) is 1.98. The van der Waals surface area contributed by atoms with Gasteiger partial charge in [0, 0.05) is 12.3 Å². The first-order valence-electron chi connectivity index (χ1n) is 9.69. The zero-order chi connectivity index (χ0) is 19.7. The van der Waals surface area contributed by atoms with Crippen molar-refractivity contribution in [3.8, 4) is 11.6 Å². The number of benzene rings is 1. The molecule has 1 atom stereocenters. The lowest BCUT2D eigenvalue weighted by molar-refractivity contribution is -0.116. The number of fused-ring (bicyclic) bond motifs is 1. The number of amides is 1. The lowest BCUT2D eigenvalue weighted by atomic mass is 9.80. The number of aromatic nitrogens is 1. The molecule has 1 saturated heterocycles. The molecule has 2 aromatic rings. The van der Waals surface area contributed by atoms with E-state index < -0.39 is 0 Å². The van der Waals surface area contributed by atoms with Crippen molar-refractivity contribution in [1.29, 1.82) is 0 Å². The van der Waals surface area contributed by atoms with Gasteiger partial charge >= 0.3 is 4.87 Å². The molecule has 2 aliphatic heterocycles. The van der Waals surface area contributed by atoms with Gasteiger partial charge in [0.2, 0.25) is 11.8 Å². The highest BCUT2D eigenvalue weighted by molar-refractivity contribution is 7.09. The summed E-state index contributed by atoms with van der Waals surface area (Å²) < 4.78 is 5.45. The summed E-state index contributed by atoms with van der Waals surface area (Å²) in [7, 11) is 1.59. The normalized spacial score (nSPS) is 18.4. The maximum atomic E-state index is 12.0. The Hall–Kier alpha value is -2.32. The van der Waals surface area contributed by atoms with E-state index >= 15 is 0 Å². The molecule has 7 nitrogen and oxygen atoms in total. The fraction of sp³-hybridized carbons (Fsp3) is 0.500. The Kier molecular flexibility index (Phi) is 5.41. The van der Waals surface area contributed by atoms with Crippen molar-refractivity contribution in [2.24, 2.45) is 5.92 Å². The van der Waals surface area contributed by atoms with E-state index in [9.17, 15) is 14.7 Å². The zero-order valence-electron chi connectivity index (χ0n) is 15.8. The van der Waals surface area contributed by atoms with Crippen molar-refractivity contribution in [2.75, 3.05) is 25.5 Å². The molecule has 28 heavy (non-hydrogen) atoms. The van der Waals surface area contributed by atoms with Crippen LogP contribution in [0.1, 0.15) is 47.6 Å². The number of piperidine rings is 1. The average Bonchev–Trinajstić information content (AvgIpc) is 3.04. The van der Waals surface area contributed by atoms with Crippen LogP contribution in [0.2, 0.25) is 0 Å². The van der Waals surface area contributed by atoms with Crippen molar-refractivity contribution >= 4 is 22.9 Å². The number of carbonyl (C=O) groups is 1. The Morgan fingerprint density at radius 2 is 2.04 bits per heavy atom. The summed E-state index contributed by atoms with van der Waals surface area (Å²) in [5, 5.41) is 16.7. The van der Waals surface area contributed by atoms with Crippen molar-refractivity contribution in [3.05, 3.63) is 37.8 Å². The maximum absolute atomic E-state index is 12.0. The van der Waals surface area contributed by atoms with Gasteiger partial charge in [0.1, 0.15) is 5.75 Å². The lowest BCUT2D eigenvalue weighted by Crippen LogP contribution is -2.29. The fourth-order valence-corrected chi connectivity index (χ4v) is 5.24. The van der Waals surface area contributed by atoms with Crippen molar-refractivity contribution in [2.45, 2.75) is 38.0 Å². The van der Waals surface area contributed by atoms with E-state index in [4.69, 9.17) is 4.74 Å². The van der Waals surface area contributed by atoms with Crippen LogP contribution in [0.4, 0.5) is 5.69 Å². The van der Waals surface area contributed by atoms with Crippen LogP contribution in [-0.4, -0.2) is 36.2 Å². The van der Waals surface area contributed by atoms with Gasteiger partial charge in [-0.25, -0.2) is 0 Å². The Bertz CT molecular complexity index is 930. The largest absolute Gasteiger partial charge is 0.495 e. The van der Waals surface area contributed by atoms with E-state index in [2.05, 4.69) is 15.6 Å². The number of nitrogens with one attached hydrogen (secondary N) is 3. The standard InChI is InChI=1S/C20H25N3O4S/c1-27-15-4-2-12(13-3-5-16(24)22-17(13)15)14(10-11-6-8-21-9-7-11)18-19(25)23-20(26)28-18/h2,4,11,14,21,25H,3,5-10H2,1H3,(H,22,24)(H,23,26). The van der Waals surface area contributed by atoms with Gasteiger partial charge in [-0.1, -0.05) is 17.4 Å². The molecule has 1 unspecified atom stereocenters. The van der Waals surface area contributed by atoms with E-state index in [0.717, 1.165) is 54.8 Å². The van der Waals surface area contributed by atoms with Crippen LogP contribution >= 0.6 is 11.3 Å². The zero-order valence-corrected chi connectivity index (χ0v) is 16.7. The van der Waals surface area contributed by atoms with Gasteiger partial charge in [0.15, 0.2) is 0 Å². The molecular weight excluding hydrogens is 378 g/mol. The molecule has 0 bridgehead atoms. The molecular formula is C20H25N3O4S. The summed E-state index contributed by atoms with van der Waals surface area (Å²) in [6, 6.07) is 3.88. The highest BCUT2D eigenvalue weighted by Gasteiger charge is 2.31. The third-order valence-electron chi connectivity index (χ3n) is 5.77. The molecule has 1 fully saturated rings. The summed E-state index contributed by atoms with van der Waals surface area (Å²) in [4.78, 5) is 26.8. The van der Waals surface area contributed by atoms with Crippen LogP contribution < -0.4 is 20.2 Å². The summed E-state index contributed by atoms with van der Waals surface area (Å²) >= 11 is 1.07. The number of rotatable bonds is 5. The van der Waals surface area contributed by atoms with Gasteiger partial charge in [-0.15, -0.1) is 0 Å². The molecule has 4 N–H and O–H groups in total. The third-order valence-corrected chi connectivity index (χ3v) is 6.76. The molecule has 3 heterocycles. The monoisotopic (exact) mass is 403 g/mol. The number of H-pyrrole nitrogens is 1. The Balaban J connectivity index is 1.80. The molecule has 0 radical (unpaired) electrons. The van der Waals surface area contributed by atoms with E-state index in [0.29, 0.717) is 35.1 Å². The molecule has 0 saturated carbocycles. The summed E-state index contributed by atoms with van der Waals surface area (Å²) in [6.07, 6.45) is 4.05. The van der Waals surface area contributed by atoms with Crippen LogP contribution in [0.5, 0.6) is 11.6 Å². The summed E-state index contributed by atoms with van der Waals surface area (Å²) in [5.41, 5.74) is 2.81. The second-order valence-electron chi connectivity index (χ2n) is 7.47. The van der Waals surface area contributed by atoms with Crippen LogP contribution in [0.3, 0.4) is 0 Å². The Morgan fingerprint density at radius 3 is 2.71 bits per heavy atom. The third kappa shape index (κ3) is 3.66. The van der Waals surface area contributed by atoms with Crippen LogP contribution in [0.25, 0.3) is 0 Å². The van der Waals surface area contributed by atoms with Gasteiger partial charge in [-0.2, -0.15) is 0 Å². The number of thiazole rings is 1. The van der Waals surface area contributed by atoms with E-state index in [-0.39, 0.29) is 22.6 Å². The van der Waals surface area contributed by atoms with Crippen molar-refractivity contribution in [3.63, 3.8) is 0 Å². The smallest absolute Gasteiger partial charge is 0.307 e. The number of anilines is 1. The second-order valence-corrected chi connectivity index (χ2v) is 8.48. The van der Waals surface area contributed by atoms with E-state index in [1.807, 2.05) is 12.1 Å². The van der Waals surface area contributed by atoms with Gasteiger partial charge in [0.05, 0.1) is 17.7 Å². The number of aromatic amines is 1. The Labute approximate surface area is 167 Å². The number of hydrogen-bond acceptors (Lipinski definition) is 6. The lowest BCUT2D eigenvalue weighted by Gasteiger charge is -2.30. The average molecular weight is 404 g/mol. The minimum atomic E-state index is -0.251. The quantitative estimate of drug-likeness (QED) is 0.614. The van der Waals surface area contributed by atoms with Crippen LogP contribution in [0.15, 0.2) is 16.9 Å². The molecule has 150 valence electrons. The molecule has 1 amide bonds. The van der Waals surface area contributed by atoms with Gasteiger partial charge in [-0.05, 0) is 61.9 Å². The second kappa shape index (κ2) is 7.97. The highest BCUT2D eigenvalue weighted by atomic mass is 32.1. The number of aromatic hydroxyl groups is 1. The highest BCUT2D eigenvalue weighted by Crippen LogP contribution is 2.44. The van der Waals surface area contributed by atoms with Gasteiger partial charge in [-0.3, -0.25) is 14.6 Å². The first kappa shape index (κ1) is 19.0. The molecule has 8 heteroatoms. The first-order chi connectivity index (χ1) is 13.6. The molecule has 4 rings (SSSR count). The predicted molar refractivity (Wildman–Crippen MR) is 109 cm³/mol. The topological polar surface area (TPSA) is 103 Å². The van der Waals surface area contributed by atoms with Gasteiger partial charge in [0.25, 0.3) is 0 Å². The summed E-state index contributed by atoms with van der Waals surface area (Å²) in [5.74, 6) is 0.990.